The first-order chi connectivity index (χ1) is 7.70. The van der Waals surface area contributed by atoms with Gasteiger partial charge in [-0.1, -0.05) is 5.92 Å². The molecule has 80 valence electrons. The molecule has 1 N–H and O–H groups in total. The number of oxazole rings is 1. The maximum absolute atomic E-state index is 10.7. The molecule has 5 heteroatoms. The summed E-state index contributed by atoms with van der Waals surface area (Å²) < 4.78 is 10.1. The molecule has 0 aliphatic heterocycles. The van der Waals surface area contributed by atoms with Gasteiger partial charge < -0.3 is 14.3 Å². The third kappa shape index (κ3) is 1.81. The highest BCUT2D eigenvalue weighted by atomic mass is 16.6. The number of carbonyl (C=O) groups is 1. The first-order valence-corrected chi connectivity index (χ1v) is 4.41. The minimum absolute atomic E-state index is 0.0375. The predicted octanol–water partition coefficient (Wildman–Crippen LogP) is 1.54. The normalized spacial score (nSPS) is 9.94. The van der Waals surface area contributed by atoms with Gasteiger partial charge in [0.1, 0.15) is 5.52 Å². The molecule has 5 nitrogen and oxygen atoms in total. The van der Waals surface area contributed by atoms with Gasteiger partial charge in [0.15, 0.2) is 12.2 Å². The third-order valence-corrected chi connectivity index (χ3v) is 1.89. The van der Waals surface area contributed by atoms with Crippen molar-refractivity contribution in [2.45, 2.75) is 0 Å². The standard InChI is InChI=1S/C11H7NO4/c1-2-5-15-11-12-8-4-3-7(10(13)14)6-9(8)16-11/h1,3-4,6H,5H2,(H,13,14). The molecule has 0 aliphatic rings. The van der Waals surface area contributed by atoms with E-state index in [4.69, 9.17) is 20.7 Å². The van der Waals surface area contributed by atoms with E-state index in [1.165, 1.54) is 12.1 Å². The summed E-state index contributed by atoms with van der Waals surface area (Å²) in [5.41, 5.74) is 1.01. The summed E-state index contributed by atoms with van der Waals surface area (Å²) in [6, 6.07) is 4.37. The molecule has 0 aliphatic carbocycles. The number of terminal acetylenes is 1. The Labute approximate surface area is 90.7 Å². The monoisotopic (exact) mass is 217 g/mol. The highest BCUT2D eigenvalue weighted by molar-refractivity contribution is 5.91. The van der Waals surface area contributed by atoms with E-state index in [1.807, 2.05) is 0 Å². The zero-order chi connectivity index (χ0) is 11.5. The first-order valence-electron chi connectivity index (χ1n) is 4.41. The molecule has 0 spiro atoms. The number of rotatable bonds is 3. The molecule has 0 atom stereocenters. The van der Waals surface area contributed by atoms with E-state index in [1.54, 1.807) is 6.07 Å². The molecule has 0 amide bonds. The van der Waals surface area contributed by atoms with Gasteiger partial charge in [-0.2, -0.15) is 4.98 Å². The summed E-state index contributed by atoms with van der Waals surface area (Å²) in [6.07, 6.45) is 5.05. The SMILES string of the molecule is C#CCOc1nc2ccc(C(=O)O)cc2o1. The summed E-state index contributed by atoms with van der Waals surface area (Å²) >= 11 is 0. The van der Waals surface area contributed by atoms with Gasteiger partial charge in [-0.05, 0) is 18.2 Å². The third-order valence-electron chi connectivity index (χ3n) is 1.89. The maximum atomic E-state index is 10.7. The van der Waals surface area contributed by atoms with Gasteiger partial charge >= 0.3 is 12.0 Å². The minimum atomic E-state index is -1.02. The summed E-state index contributed by atoms with van der Waals surface area (Å²) in [5, 5.41) is 8.77. The number of hydrogen-bond donors (Lipinski definition) is 1. The van der Waals surface area contributed by atoms with Gasteiger partial charge in [0, 0.05) is 0 Å². The van der Waals surface area contributed by atoms with Gasteiger partial charge in [0.25, 0.3) is 0 Å². The molecule has 0 unspecified atom stereocenters. The Balaban J connectivity index is 2.39. The molecule has 2 aromatic rings. The molecule has 0 radical (unpaired) electrons. The summed E-state index contributed by atoms with van der Waals surface area (Å²) in [5.74, 6) is 1.25. The zero-order valence-electron chi connectivity index (χ0n) is 8.14. The van der Waals surface area contributed by atoms with Crippen molar-refractivity contribution in [1.29, 1.82) is 0 Å². The van der Waals surface area contributed by atoms with Crippen molar-refractivity contribution in [3.8, 4) is 18.4 Å². The average Bonchev–Trinajstić information content (AvgIpc) is 2.67. The summed E-state index contributed by atoms with van der Waals surface area (Å²) in [7, 11) is 0. The number of benzene rings is 1. The highest BCUT2D eigenvalue weighted by Crippen LogP contribution is 2.21. The van der Waals surface area contributed by atoms with Crippen LogP contribution in [0.1, 0.15) is 10.4 Å². The Hall–Kier alpha value is -2.48. The number of fused-ring (bicyclic) bond motifs is 1. The molecule has 0 saturated heterocycles. The first kappa shape index (κ1) is 10.1. The molecule has 0 bridgehead atoms. The van der Waals surface area contributed by atoms with Crippen LogP contribution in [0, 0.1) is 12.3 Å². The Morgan fingerprint density at radius 2 is 2.44 bits per heavy atom. The number of carboxylic acids is 1. The summed E-state index contributed by atoms with van der Waals surface area (Å²) in [6.45, 7) is 0.0542. The molecule has 1 heterocycles. The van der Waals surface area contributed by atoms with Crippen LogP contribution in [0.3, 0.4) is 0 Å². The van der Waals surface area contributed by atoms with Crippen LogP contribution in [0.25, 0.3) is 11.1 Å². The van der Waals surface area contributed by atoms with E-state index in [0.717, 1.165) is 0 Å². The quantitative estimate of drug-likeness (QED) is 0.789. The Morgan fingerprint density at radius 1 is 1.62 bits per heavy atom. The zero-order valence-corrected chi connectivity index (χ0v) is 8.14. The van der Waals surface area contributed by atoms with E-state index in [0.29, 0.717) is 11.1 Å². The maximum Gasteiger partial charge on any atom is 0.395 e. The second-order valence-corrected chi connectivity index (χ2v) is 2.96. The lowest BCUT2D eigenvalue weighted by Crippen LogP contribution is -1.94. The fraction of sp³-hybridized carbons (Fsp3) is 0.0909. The molecule has 1 aromatic carbocycles. The molecular weight excluding hydrogens is 210 g/mol. The van der Waals surface area contributed by atoms with Crippen LogP contribution in [-0.4, -0.2) is 22.7 Å². The lowest BCUT2D eigenvalue weighted by atomic mass is 10.2. The van der Waals surface area contributed by atoms with Crippen molar-refractivity contribution < 1.29 is 19.1 Å². The molecular formula is C11H7NO4. The average molecular weight is 217 g/mol. The second-order valence-electron chi connectivity index (χ2n) is 2.96. The Kier molecular flexibility index (Phi) is 2.48. The highest BCUT2D eigenvalue weighted by Gasteiger charge is 2.09. The largest absolute Gasteiger partial charge is 0.478 e. The predicted molar refractivity (Wildman–Crippen MR) is 55.3 cm³/mol. The van der Waals surface area contributed by atoms with Crippen LogP contribution in [-0.2, 0) is 0 Å². The van der Waals surface area contributed by atoms with Crippen LogP contribution in [0.5, 0.6) is 6.08 Å². The van der Waals surface area contributed by atoms with E-state index in [9.17, 15) is 4.79 Å². The topological polar surface area (TPSA) is 72.6 Å². The molecule has 16 heavy (non-hydrogen) atoms. The number of hydrogen-bond acceptors (Lipinski definition) is 4. The van der Waals surface area contributed by atoms with E-state index in [-0.39, 0.29) is 18.2 Å². The van der Waals surface area contributed by atoms with Gasteiger partial charge in [0.2, 0.25) is 0 Å². The molecule has 0 fully saturated rings. The van der Waals surface area contributed by atoms with E-state index in [2.05, 4.69) is 10.9 Å². The Morgan fingerprint density at radius 3 is 3.12 bits per heavy atom. The number of aromatic nitrogens is 1. The van der Waals surface area contributed by atoms with Crippen molar-refractivity contribution in [1.82, 2.24) is 4.98 Å². The molecule has 0 saturated carbocycles. The lowest BCUT2D eigenvalue weighted by Gasteiger charge is -1.91. The van der Waals surface area contributed by atoms with Crippen molar-refractivity contribution in [2.75, 3.05) is 6.61 Å². The lowest BCUT2D eigenvalue weighted by molar-refractivity contribution is 0.0697. The van der Waals surface area contributed by atoms with E-state index >= 15 is 0 Å². The Bertz CT molecular complexity index is 579. The number of aromatic carboxylic acids is 1. The van der Waals surface area contributed by atoms with Gasteiger partial charge in [0.05, 0.1) is 5.56 Å². The fourth-order valence-electron chi connectivity index (χ4n) is 1.20. The smallest absolute Gasteiger partial charge is 0.395 e. The van der Waals surface area contributed by atoms with Crippen LogP contribution in [0.15, 0.2) is 22.6 Å². The van der Waals surface area contributed by atoms with Crippen molar-refractivity contribution in [2.24, 2.45) is 0 Å². The van der Waals surface area contributed by atoms with Crippen LogP contribution in [0.2, 0.25) is 0 Å². The summed E-state index contributed by atoms with van der Waals surface area (Å²) in [4.78, 5) is 14.7. The van der Waals surface area contributed by atoms with Crippen molar-refractivity contribution >= 4 is 17.1 Å². The van der Waals surface area contributed by atoms with Crippen molar-refractivity contribution in [3.05, 3.63) is 23.8 Å². The molecule has 1 aromatic heterocycles. The number of nitrogens with zero attached hydrogens (tertiary/aromatic N) is 1. The van der Waals surface area contributed by atoms with Crippen LogP contribution in [0.4, 0.5) is 0 Å². The van der Waals surface area contributed by atoms with Gasteiger partial charge in [-0.15, -0.1) is 6.42 Å². The van der Waals surface area contributed by atoms with Gasteiger partial charge in [-0.3, -0.25) is 0 Å². The van der Waals surface area contributed by atoms with Crippen LogP contribution < -0.4 is 4.74 Å². The number of ether oxygens (including phenoxy) is 1. The number of carboxylic acid groups (broad SMARTS) is 1. The molecule has 2 rings (SSSR count). The van der Waals surface area contributed by atoms with Crippen molar-refractivity contribution in [3.63, 3.8) is 0 Å². The second kappa shape index (κ2) is 3.95. The van der Waals surface area contributed by atoms with Gasteiger partial charge in [-0.25, -0.2) is 4.79 Å². The van der Waals surface area contributed by atoms with E-state index < -0.39 is 5.97 Å². The van der Waals surface area contributed by atoms with Crippen LogP contribution >= 0.6 is 0 Å². The fourth-order valence-corrected chi connectivity index (χ4v) is 1.20. The minimum Gasteiger partial charge on any atom is -0.478 e.